The topological polar surface area (TPSA) is 20.3 Å². The van der Waals surface area contributed by atoms with Crippen LogP contribution in [0.5, 0.6) is 0 Å². The van der Waals surface area contributed by atoms with Gasteiger partial charge in [-0.05, 0) is 47.7 Å². The van der Waals surface area contributed by atoms with Gasteiger partial charge in [0, 0.05) is 29.6 Å². The lowest BCUT2D eigenvalue weighted by Crippen LogP contribution is -2.42. The van der Waals surface area contributed by atoms with Crippen LogP contribution in [-0.4, -0.2) is 23.9 Å². The van der Waals surface area contributed by atoms with Crippen molar-refractivity contribution < 1.29 is 31.1 Å². The van der Waals surface area contributed by atoms with Gasteiger partial charge >= 0.3 is 12.4 Å². The fraction of sp³-hybridized carbons (Fsp3) is 0.269. The number of benzene rings is 3. The lowest BCUT2D eigenvalue weighted by Gasteiger charge is -2.39. The Hall–Kier alpha value is -3.00. The van der Waals surface area contributed by atoms with Crippen LogP contribution in [0.4, 0.5) is 26.3 Å². The first-order chi connectivity index (χ1) is 16.4. The summed E-state index contributed by atoms with van der Waals surface area (Å²) < 4.78 is 79.8. The standard InChI is InChI=1S/C26H20ClF6NO/c27-23-9-5-4-8-21(23)20-10-11-34(15-22(20)16-6-2-1-3-7-16)24(35)17-12-18(25(28,29)30)14-19(13-17)26(31,32)33/h1-9,12-14,20,22H,10-11,15H2/t20-,22+/m0/s1. The summed E-state index contributed by atoms with van der Waals surface area (Å²) in [4.78, 5) is 14.5. The molecule has 0 bridgehead atoms. The van der Waals surface area contributed by atoms with Gasteiger partial charge in [-0.1, -0.05) is 60.1 Å². The minimum atomic E-state index is -5.03. The van der Waals surface area contributed by atoms with Crippen molar-refractivity contribution in [1.82, 2.24) is 4.90 Å². The second kappa shape index (κ2) is 9.57. The van der Waals surface area contributed by atoms with E-state index in [-0.39, 0.29) is 31.0 Å². The van der Waals surface area contributed by atoms with Gasteiger partial charge in [0.2, 0.25) is 0 Å². The van der Waals surface area contributed by atoms with Gasteiger partial charge in [0.05, 0.1) is 11.1 Å². The minimum absolute atomic E-state index is 0.0210. The molecule has 184 valence electrons. The van der Waals surface area contributed by atoms with Crippen LogP contribution >= 0.6 is 11.6 Å². The summed E-state index contributed by atoms with van der Waals surface area (Å²) in [6.07, 6.45) is -9.61. The maximum absolute atomic E-state index is 13.3. The summed E-state index contributed by atoms with van der Waals surface area (Å²) in [6.45, 7) is 0.284. The maximum Gasteiger partial charge on any atom is 0.416 e. The van der Waals surface area contributed by atoms with E-state index in [1.807, 2.05) is 42.5 Å². The van der Waals surface area contributed by atoms with E-state index in [9.17, 15) is 31.1 Å². The third-order valence-corrected chi connectivity index (χ3v) is 6.61. The number of nitrogens with zero attached hydrogens (tertiary/aromatic N) is 1. The van der Waals surface area contributed by atoms with Crippen LogP contribution in [0.3, 0.4) is 0 Å². The first-order valence-electron chi connectivity index (χ1n) is 10.8. The first kappa shape index (κ1) is 25.1. The highest BCUT2D eigenvalue weighted by Gasteiger charge is 2.39. The Morgan fingerprint density at radius 2 is 1.37 bits per heavy atom. The van der Waals surface area contributed by atoms with E-state index in [2.05, 4.69) is 0 Å². The monoisotopic (exact) mass is 511 g/mol. The largest absolute Gasteiger partial charge is 0.416 e. The number of halogens is 7. The van der Waals surface area contributed by atoms with Crippen LogP contribution in [0.2, 0.25) is 5.02 Å². The molecule has 1 heterocycles. The number of piperidine rings is 1. The summed E-state index contributed by atoms with van der Waals surface area (Å²) in [7, 11) is 0. The van der Waals surface area contributed by atoms with Crippen molar-refractivity contribution in [2.24, 2.45) is 0 Å². The third-order valence-electron chi connectivity index (χ3n) is 6.27. The number of alkyl halides is 6. The molecule has 1 aliphatic heterocycles. The number of hydrogen-bond acceptors (Lipinski definition) is 1. The molecule has 2 atom stereocenters. The van der Waals surface area contributed by atoms with Crippen molar-refractivity contribution in [3.05, 3.63) is 106 Å². The average molecular weight is 512 g/mol. The lowest BCUT2D eigenvalue weighted by molar-refractivity contribution is -0.143. The highest BCUT2D eigenvalue weighted by atomic mass is 35.5. The second-order valence-corrected chi connectivity index (χ2v) is 8.89. The quantitative estimate of drug-likeness (QED) is 0.329. The molecule has 3 aromatic carbocycles. The van der Waals surface area contributed by atoms with Crippen molar-refractivity contribution >= 4 is 17.5 Å². The maximum atomic E-state index is 13.3. The van der Waals surface area contributed by atoms with Gasteiger partial charge < -0.3 is 4.90 Å². The van der Waals surface area contributed by atoms with Crippen molar-refractivity contribution in [3.8, 4) is 0 Å². The Morgan fingerprint density at radius 3 is 1.94 bits per heavy atom. The number of likely N-dealkylation sites (tertiary alicyclic amines) is 1. The van der Waals surface area contributed by atoms with E-state index < -0.39 is 35.0 Å². The zero-order valence-electron chi connectivity index (χ0n) is 18.2. The van der Waals surface area contributed by atoms with E-state index in [1.165, 1.54) is 4.90 Å². The SMILES string of the molecule is O=C(c1cc(C(F)(F)F)cc(C(F)(F)F)c1)N1CC[C@@H](c2ccccc2Cl)[C@@H](c2ccccc2)C1. The fourth-order valence-corrected chi connectivity index (χ4v) is 4.86. The van der Waals surface area contributed by atoms with Crippen LogP contribution in [0.15, 0.2) is 72.8 Å². The van der Waals surface area contributed by atoms with Gasteiger partial charge in [-0.15, -0.1) is 0 Å². The molecule has 0 saturated carbocycles. The number of amides is 1. The summed E-state index contributed by atoms with van der Waals surface area (Å²) in [5.74, 6) is -1.20. The van der Waals surface area contributed by atoms with Crippen molar-refractivity contribution in [3.63, 3.8) is 0 Å². The molecule has 0 aromatic heterocycles. The van der Waals surface area contributed by atoms with Crippen LogP contribution in [0.25, 0.3) is 0 Å². The minimum Gasteiger partial charge on any atom is -0.338 e. The average Bonchev–Trinajstić information content (AvgIpc) is 2.83. The Balaban J connectivity index is 1.70. The number of rotatable bonds is 3. The van der Waals surface area contributed by atoms with Gasteiger partial charge in [0.1, 0.15) is 0 Å². The van der Waals surface area contributed by atoms with Gasteiger partial charge in [-0.25, -0.2) is 0 Å². The summed E-state index contributed by atoms with van der Waals surface area (Å²) in [5, 5.41) is 0.561. The Morgan fingerprint density at radius 1 is 0.800 bits per heavy atom. The summed E-state index contributed by atoms with van der Waals surface area (Å²) in [6, 6.07) is 17.6. The molecule has 35 heavy (non-hydrogen) atoms. The second-order valence-electron chi connectivity index (χ2n) is 8.48. The van der Waals surface area contributed by atoms with Crippen molar-refractivity contribution in [2.75, 3.05) is 13.1 Å². The van der Waals surface area contributed by atoms with Gasteiger partial charge in [-0.2, -0.15) is 26.3 Å². The molecular formula is C26H20ClF6NO. The zero-order valence-corrected chi connectivity index (χ0v) is 19.0. The van der Waals surface area contributed by atoms with E-state index in [4.69, 9.17) is 11.6 Å². The predicted octanol–water partition coefficient (Wildman–Crippen LogP) is 7.79. The molecule has 4 rings (SSSR count). The first-order valence-corrected chi connectivity index (χ1v) is 11.2. The number of carbonyl (C=O) groups is 1. The highest BCUT2D eigenvalue weighted by Crippen LogP contribution is 2.43. The molecule has 1 aliphatic rings. The number of hydrogen-bond donors (Lipinski definition) is 0. The van der Waals surface area contributed by atoms with Crippen LogP contribution in [0, 0.1) is 0 Å². The normalized spacial score (nSPS) is 19.0. The van der Waals surface area contributed by atoms with E-state index in [1.54, 1.807) is 12.1 Å². The van der Waals surface area contributed by atoms with Gasteiger partial charge in [-0.3, -0.25) is 4.79 Å². The molecule has 1 amide bonds. The zero-order chi connectivity index (χ0) is 25.4. The molecule has 0 radical (unpaired) electrons. The molecule has 2 nitrogen and oxygen atoms in total. The molecular weight excluding hydrogens is 492 g/mol. The molecule has 9 heteroatoms. The molecule has 1 saturated heterocycles. The lowest BCUT2D eigenvalue weighted by atomic mass is 9.76. The molecule has 3 aromatic rings. The van der Waals surface area contributed by atoms with Crippen LogP contribution in [0.1, 0.15) is 50.9 Å². The highest BCUT2D eigenvalue weighted by molar-refractivity contribution is 6.31. The van der Waals surface area contributed by atoms with Crippen LogP contribution < -0.4 is 0 Å². The predicted molar refractivity (Wildman–Crippen MR) is 120 cm³/mol. The van der Waals surface area contributed by atoms with E-state index >= 15 is 0 Å². The van der Waals surface area contributed by atoms with E-state index in [0.717, 1.165) is 11.1 Å². The fourth-order valence-electron chi connectivity index (χ4n) is 4.58. The smallest absolute Gasteiger partial charge is 0.338 e. The summed E-state index contributed by atoms with van der Waals surface area (Å²) >= 11 is 6.43. The molecule has 0 aliphatic carbocycles. The number of carbonyl (C=O) groups excluding carboxylic acids is 1. The van der Waals surface area contributed by atoms with Crippen molar-refractivity contribution in [1.29, 1.82) is 0 Å². The third kappa shape index (κ3) is 5.48. The molecule has 0 spiro atoms. The van der Waals surface area contributed by atoms with Gasteiger partial charge in [0.15, 0.2) is 0 Å². The molecule has 0 N–H and O–H groups in total. The Kier molecular flexibility index (Phi) is 6.86. The molecule has 1 fully saturated rings. The van der Waals surface area contributed by atoms with Crippen LogP contribution in [-0.2, 0) is 12.4 Å². The molecule has 0 unspecified atom stereocenters. The Bertz CT molecular complexity index is 1180. The Labute approximate surface area is 203 Å². The van der Waals surface area contributed by atoms with Crippen molar-refractivity contribution in [2.45, 2.75) is 30.6 Å². The van der Waals surface area contributed by atoms with Gasteiger partial charge in [0.25, 0.3) is 5.91 Å². The van der Waals surface area contributed by atoms with E-state index in [0.29, 0.717) is 23.6 Å². The summed E-state index contributed by atoms with van der Waals surface area (Å²) in [5.41, 5.74) is -1.89.